The molecule has 0 aliphatic heterocycles. The van der Waals surface area contributed by atoms with Crippen LogP contribution < -0.4 is 5.32 Å². The van der Waals surface area contributed by atoms with Gasteiger partial charge in [-0.15, -0.1) is 23.1 Å². The highest BCUT2D eigenvalue weighted by atomic mass is 32.2. The van der Waals surface area contributed by atoms with E-state index in [2.05, 4.69) is 11.4 Å². The Bertz CT molecular complexity index is 435. The molecule has 0 bridgehead atoms. The molecule has 0 unspecified atom stereocenters. The molecule has 18 heavy (non-hydrogen) atoms. The van der Waals surface area contributed by atoms with Gasteiger partial charge in [-0.25, -0.2) is 0 Å². The lowest BCUT2D eigenvalue weighted by molar-refractivity contribution is -0.133. The zero-order valence-corrected chi connectivity index (χ0v) is 11.5. The minimum absolute atomic E-state index is 0.0271. The molecule has 1 aliphatic carbocycles. The fourth-order valence-corrected chi connectivity index (χ4v) is 3.71. The van der Waals surface area contributed by atoms with Gasteiger partial charge in [0.2, 0.25) is 5.91 Å². The summed E-state index contributed by atoms with van der Waals surface area (Å²) in [6.45, 7) is 0.560. The molecule has 0 saturated carbocycles. The summed E-state index contributed by atoms with van der Waals surface area (Å²) in [6, 6.07) is 2.18. The lowest BCUT2D eigenvalue weighted by Crippen LogP contribution is -2.24. The summed E-state index contributed by atoms with van der Waals surface area (Å²) in [6.07, 6.45) is 3.58. The van der Waals surface area contributed by atoms with E-state index in [-0.39, 0.29) is 17.4 Å². The number of rotatable bonds is 6. The first-order chi connectivity index (χ1) is 8.65. The van der Waals surface area contributed by atoms with Crippen molar-refractivity contribution in [2.45, 2.75) is 25.8 Å². The number of aliphatic carboxylic acids is 1. The molecule has 0 fully saturated rings. The van der Waals surface area contributed by atoms with Gasteiger partial charge in [-0.2, -0.15) is 0 Å². The second-order valence-electron chi connectivity index (χ2n) is 4.18. The molecule has 0 atom stereocenters. The predicted octanol–water partition coefficient (Wildman–Crippen LogP) is 1.67. The number of hydrogen-bond acceptors (Lipinski definition) is 4. The zero-order valence-electron chi connectivity index (χ0n) is 9.90. The summed E-state index contributed by atoms with van der Waals surface area (Å²) in [4.78, 5) is 24.4. The number of carbonyl (C=O) groups excluding carboxylic acids is 1. The van der Waals surface area contributed by atoms with Crippen LogP contribution in [0.1, 0.15) is 21.7 Å². The molecule has 4 nitrogen and oxygen atoms in total. The van der Waals surface area contributed by atoms with E-state index in [0.29, 0.717) is 6.54 Å². The molecule has 1 heterocycles. The van der Waals surface area contributed by atoms with E-state index in [0.717, 1.165) is 18.2 Å². The molecule has 2 rings (SSSR count). The number of thiophene rings is 1. The molecule has 1 aromatic rings. The molecular formula is C12H15NO3S2. The van der Waals surface area contributed by atoms with E-state index < -0.39 is 5.97 Å². The van der Waals surface area contributed by atoms with Gasteiger partial charge in [-0.1, -0.05) is 0 Å². The number of thioether (sulfide) groups is 1. The number of carboxylic acids is 1. The lowest BCUT2D eigenvalue weighted by atomic mass is 10.2. The van der Waals surface area contributed by atoms with Gasteiger partial charge in [-0.05, 0) is 30.9 Å². The first kappa shape index (κ1) is 13.4. The summed E-state index contributed by atoms with van der Waals surface area (Å²) in [5.74, 6) is -0.810. The number of carbonyl (C=O) groups is 2. The third-order valence-corrected chi connectivity index (χ3v) is 4.87. The Hall–Kier alpha value is -1.01. The quantitative estimate of drug-likeness (QED) is 0.834. The SMILES string of the molecule is O=C(O)CSCC(=O)NCc1cc2c(s1)CCC2. The van der Waals surface area contributed by atoms with Crippen molar-refractivity contribution in [2.75, 3.05) is 11.5 Å². The highest BCUT2D eigenvalue weighted by Gasteiger charge is 2.14. The van der Waals surface area contributed by atoms with Crippen LogP contribution in [0.2, 0.25) is 0 Å². The van der Waals surface area contributed by atoms with Crippen LogP contribution in [-0.2, 0) is 29.0 Å². The van der Waals surface area contributed by atoms with E-state index in [9.17, 15) is 9.59 Å². The molecule has 0 aromatic carbocycles. The van der Waals surface area contributed by atoms with Gasteiger partial charge in [-0.3, -0.25) is 9.59 Å². The molecule has 1 aliphatic rings. The van der Waals surface area contributed by atoms with Gasteiger partial charge in [0, 0.05) is 9.75 Å². The van der Waals surface area contributed by atoms with Crippen molar-refractivity contribution in [3.8, 4) is 0 Å². The number of amides is 1. The molecule has 2 N–H and O–H groups in total. The normalized spacial score (nSPS) is 13.3. The molecule has 98 valence electrons. The van der Waals surface area contributed by atoms with Crippen molar-refractivity contribution in [2.24, 2.45) is 0 Å². The van der Waals surface area contributed by atoms with Crippen LogP contribution in [0.15, 0.2) is 6.07 Å². The van der Waals surface area contributed by atoms with Crippen molar-refractivity contribution in [3.05, 3.63) is 21.4 Å². The topological polar surface area (TPSA) is 66.4 Å². The minimum atomic E-state index is -0.887. The second kappa shape index (κ2) is 6.24. The van der Waals surface area contributed by atoms with Crippen LogP contribution in [0, 0.1) is 0 Å². The maximum Gasteiger partial charge on any atom is 0.313 e. The minimum Gasteiger partial charge on any atom is -0.481 e. The van der Waals surface area contributed by atoms with Crippen molar-refractivity contribution < 1.29 is 14.7 Å². The Morgan fingerprint density at radius 3 is 2.94 bits per heavy atom. The predicted molar refractivity (Wildman–Crippen MR) is 73.2 cm³/mol. The second-order valence-corrected chi connectivity index (χ2v) is 6.38. The van der Waals surface area contributed by atoms with Crippen LogP contribution in [0.4, 0.5) is 0 Å². The Kier molecular flexibility index (Phi) is 4.66. The van der Waals surface area contributed by atoms with Crippen LogP contribution in [0.3, 0.4) is 0 Å². The molecule has 1 aromatic heterocycles. The smallest absolute Gasteiger partial charge is 0.313 e. The molecule has 1 amide bonds. The zero-order chi connectivity index (χ0) is 13.0. The van der Waals surface area contributed by atoms with Gasteiger partial charge in [0.15, 0.2) is 0 Å². The van der Waals surface area contributed by atoms with E-state index in [1.165, 1.54) is 28.2 Å². The molecule has 0 radical (unpaired) electrons. The summed E-state index contributed by atoms with van der Waals surface area (Å²) in [7, 11) is 0. The standard InChI is InChI=1S/C12H15NO3S2/c14-11(6-17-7-12(15)16)13-5-9-4-8-2-1-3-10(8)18-9/h4H,1-3,5-7H2,(H,13,14)(H,15,16). The monoisotopic (exact) mass is 285 g/mol. The maximum atomic E-state index is 11.5. The third kappa shape index (κ3) is 3.74. The Balaban J connectivity index is 1.70. The van der Waals surface area contributed by atoms with Gasteiger partial charge in [0.05, 0.1) is 18.1 Å². The van der Waals surface area contributed by atoms with Crippen molar-refractivity contribution in [1.29, 1.82) is 0 Å². The van der Waals surface area contributed by atoms with Crippen LogP contribution in [-0.4, -0.2) is 28.5 Å². The molecule has 0 spiro atoms. The van der Waals surface area contributed by atoms with Crippen molar-refractivity contribution in [3.63, 3.8) is 0 Å². The number of nitrogens with one attached hydrogen (secondary N) is 1. The Morgan fingerprint density at radius 1 is 1.39 bits per heavy atom. The van der Waals surface area contributed by atoms with Crippen LogP contribution >= 0.6 is 23.1 Å². The molecule has 6 heteroatoms. The highest BCUT2D eigenvalue weighted by Crippen LogP contribution is 2.30. The van der Waals surface area contributed by atoms with E-state index in [4.69, 9.17) is 5.11 Å². The maximum absolute atomic E-state index is 11.5. The summed E-state index contributed by atoms with van der Waals surface area (Å²) in [5, 5.41) is 11.3. The first-order valence-electron chi connectivity index (χ1n) is 5.82. The van der Waals surface area contributed by atoms with E-state index >= 15 is 0 Å². The summed E-state index contributed by atoms with van der Waals surface area (Å²) >= 11 is 2.90. The molecular weight excluding hydrogens is 270 g/mol. The van der Waals surface area contributed by atoms with Crippen molar-refractivity contribution >= 4 is 35.0 Å². The van der Waals surface area contributed by atoms with E-state index in [1.54, 1.807) is 11.3 Å². The van der Waals surface area contributed by atoms with Crippen molar-refractivity contribution in [1.82, 2.24) is 5.32 Å². The average molecular weight is 285 g/mol. The summed E-state index contributed by atoms with van der Waals surface area (Å²) < 4.78 is 0. The number of hydrogen-bond donors (Lipinski definition) is 2. The Labute approximate surface area is 114 Å². The number of aryl methyl sites for hydroxylation is 2. The Morgan fingerprint density at radius 2 is 2.22 bits per heavy atom. The van der Waals surface area contributed by atoms with Gasteiger partial charge in [0.1, 0.15) is 0 Å². The van der Waals surface area contributed by atoms with Crippen LogP contribution in [0.25, 0.3) is 0 Å². The first-order valence-corrected chi connectivity index (χ1v) is 7.79. The third-order valence-electron chi connectivity index (χ3n) is 2.72. The highest BCUT2D eigenvalue weighted by molar-refractivity contribution is 8.00. The van der Waals surface area contributed by atoms with Gasteiger partial charge in [0.25, 0.3) is 0 Å². The fourth-order valence-electron chi connectivity index (χ4n) is 1.95. The van der Waals surface area contributed by atoms with Gasteiger partial charge < -0.3 is 10.4 Å². The van der Waals surface area contributed by atoms with E-state index in [1.807, 2.05) is 0 Å². The number of fused-ring (bicyclic) bond motifs is 1. The average Bonchev–Trinajstić information content (AvgIpc) is 2.85. The lowest BCUT2D eigenvalue weighted by Gasteiger charge is -2.02. The molecule has 0 saturated heterocycles. The number of carboxylic acid groups (broad SMARTS) is 1. The van der Waals surface area contributed by atoms with Crippen LogP contribution in [0.5, 0.6) is 0 Å². The largest absolute Gasteiger partial charge is 0.481 e. The van der Waals surface area contributed by atoms with Gasteiger partial charge >= 0.3 is 5.97 Å². The fraction of sp³-hybridized carbons (Fsp3) is 0.500. The summed E-state index contributed by atoms with van der Waals surface area (Å²) in [5.41, 5.74) is 1.43.